The van der Waals surface area contributed by atoms with Gasteiger partial charge in [-0.1, -0.05) is 41.6 Å². The molecule has 5 atom stereocenters. The molecule has 3 unspecified atom stereocenters. The molecule has 2 N–H and O–H groups in total. The molecule has 1 aliphatic carbocycles. The van der Waals surface area contributed by atoms with Gasteiger partial charge >= 0.3 is 5.97 Å². The molecule has 4 heterocycles. The summed E-state index contributed by atoms with van der Waals surface area (Å²) in [7, 11) is -0.769. The number of aliphatic carboxylic acids is 1. The number of hydrogen-bond acceptors (Lipinski definition) is 12. The van der Waals surface area contributed by atoms with E-state index in [9.17, 15) is 37.5 Å². The van der Waals surface area contributed by atoms with Gasteiger partial charge in [0.05, 0.1) is 31.7 Å². The average molecular weight is 969 g/mol. The number of imide groups is 2. The van der Waals surface area contributed by atoms with E-state index in [0.717, 1.165) is 47.3 Å². The number of fused-ring (bicyclic) bond motifs is 2. The number of nitrogens with one attached hydrogen (secondary N) is 1. The molecule has 4 amide bonds. The maximum Gasteiger partial charge on any atom is 0.304 e. The molecule has 362 valence electrons. The number of sulfonamides is 1. The van der Waals surface area contributed by atoms with Crippen molar-refractivity contribution in [2.45, 2.75) is 107 Å². The van der Waals surface area contributed by atoms with Gasteiger partial charge in [0.2, 0.25) is 21.8 Å². The Balaban J connectivity index is 0.858. The summed E-state index contributed by atoms with van der Waals surface area (Å²) >= 11 is 0. The smallest absolute Gasteiger partial charge is 0.304 e. The highest BCUT2D eigenvalue weighted by Gasteiger charge is 2.43. The van der Waals surface area contributed by atoms with Gasteiger partial charge in [0, 0.05) is 36.9 Å². The van der Waals surface area contributed by atoms with Gasteiger partial charge in [-0.2, -0.15) is 4.31 Å². The second kappa shape index (κ2) is 18.3. The minimum absolute atomic E-state index is 0.0184. The van der Waals surface area contributed by atoms with E-state index in [-0.39, 0.29) is 54.8 Å². The number of carbonyl (C=O) groups is 5. The summed E-state index contributed by atoms with van der Waals surface area (Å²) in [5, 5.41) is 21.8. The van der Waals surface area contributed by atoms with Crippen LogP contribution in [0.5, 0.6) is 17.2 Å². The number of carboxylic acids is 1. The standard InChI is InChI=1S/C52H52N6O11S/c1-28-11-12-32(39(25-47(60)61)34-21-41-49(44(23-34)67-4)56(3)55-54-41)19-35(28)27-57-26-29(2)68-43-22-31(14-17-45(43)70(57,65)66)30-7-5-9-36(15-13-30)69-37-20-33-8-6-10-38-48(33)40(24-37)52(64)58(51(38)63)42-16-18-46(59)53-50(42)62/h6,8,10-12,14,17,19-24,29-30,36,39,42H,5,7,9,13,15-16,18,25-27H2,1-4H3,(H,60,61)(H,53,59,62)/t29-,30?,36?,39+,42?/m1/s1. The molecule has 1 aromatic heterocycles. The van der Waals surface area contributed by atoms with Gasteiger partial charge in [0.15, 0.2) is 0 Å². The number of methoxy groups -OCH3 is 1. The number of amides is 4. The van der Waals surface area contributed by atoms with Gasteiger partial charge in [-0.15, -0.1) is 5.10 Å². The molecule has 18 heteroatoms. The molecule has 6 aromatic rings. The first-order chi connectivity index (χ1) is 33.6. The number of aromatic nitrogens is 3. The highest BCUT2D eigenvalue weighted by molar-refractivity contribution is 7.89. The third-order valence-corrected chi connectivity index (χ3v) is 16.1. The van der Waals surface area contributed by atoms with Crippen LogP contribution in [0.4, 0.5) is 0 Å². The largest absolute Gasteiger partial charge is 0.494 e. The van der Waals surface area contributed by atoms with Crippen LogP contribution >= 0.6 is 0 Å². The Morgan fingerprint density at radius 2 is 1.74 bits per heavy atom. The number of carbonyl (C=O) groups excluding carboxylic acids is 4. The molecule has 1 saturated carbocycles. The summed E-state index contributed by atoms with van der Waals surface area (Å²) in [4.78, 5) is 65.7. The van der Waals surface area contributed by atoms with E-state index in [4.69, 9.17) is 14.2 Å². The van der Waals surface area contributed by atoms with Crippen LogP contribution in [0, 0.1) is 6.92 Å². The lowest BCUT2D eigenvalue weighted by molar-refractivity contribution is -0.138. The first kappa shape index (κ1) is 46.5. The molecule has 0 spiro atoms. The van der Waals surface area contributed by atoms with Crippen molar-refractivity contribution in [3.63, 3.8) is 0 Å². The normalized spacial score (nSPS) is 21.9. The van der Waals surface area contributed by atoms with E-state index >= 15 is 0 Å². The lowest BCUT2D eigenvalue weighted by atomic mass is 9.86. The first-order valence-corrected chi connectivity index (χ1v) is 25.0. The molecule has 0 radical (unpaired) electrons. The maximum atomic E-state index is 14.6. The van der Waals surface area contributed by atoms with E-state index in [1.165, 1.54) is 11.4 Å². The Labute approximate surface area is 403 Å². The minimum Gasteiger partial charge on any atom is -0.494 e. The molecule has 5 aromatic carbocycles. The topological polar surface area (TPSA) is 217 Å². The Hall–Kier alpha value is -7.18. The Bertz CT molecular complexity index is 3280. The van der Waals surface area contributed by atoms with Crippen molar-refractivity contribution in [1.29, 1.82) is 0 Å². The molecule has 0 bridgehead atoms. The Kier molecular flexibility index (Phi) is 12.2. The summed E-state index contributed by atoms with van der Waals surface area (Å²) in [5.74, 6) is -2.53. The van der Waals surface area contributed by atoms with Gasteiger partial charge in [-0.05, 0) is 134 Å². The highest BCUT2D eigenvalue weighted by Crippen LogP contribution is 2.42. The maximum absolute atomic E-state index is 14.6. The third kappa shape index (κ3) is 8.52. The fourth-order valence-corrected chi connectivity index (χ4v) is 12.3. The molecule has 1 saturated heterocycles. The molecular weight excluding hydrogens is 917 g/mol. The number of ether oxygens (including phenoxy) is 3. The van der Waals surface area contributed by atoms with Crippen molar-refractivity contribution in [3.05, 3.63) is 118 Å². The van der Waals surface area contributed by atoms with Crippen molar-refractivity contribution < 1.29 is 51.7 Å². The van der Waals surface area contributed by atoms with Gasteiger partial charge in [0.1, 0.15) is 45.3 Å². The fourth-order valence-electron chi connectivity index (χ4n) is 10.7. The predicted octanol–water partition coefficient (Wildman–Crippen LogP) is 6.91. The van der Waals surface area contributed by atoms with Gasteiger partial charge < -0.3 is 19.3 Å². The highest BCUT2D eigenvalue weighted by atomic mass is 32.2. The molecule has 10 rings (SSSR count). The van der Waals surface area contributed by atoms with Crippen LogP contribution in [0.3, 0.4) is 0 Å². The number of rotatable bonds is 11. The SMILES string of the molecule is COc1cc([C@@H](CC(=O)O)c2ccc(C)c(CN3C[C@@H](C)Oc4cc(C5CCCC(Oc6cc7c8c(cccc8c6)C(=O)N(C6CCC(=O)NC6=O)C7=O)CC5)ccc4S3(=O)=O)c2)cc2nnn(C)c12. The van der Waals surface area contributed by atoms with Crippen molar-refractivity contribution in [1.82, 2.24) is 29.5 Å². The van der Waals surface area contributed by atoms with Gasteiger partial charge in [-0.3, -0.25) is 34.2 Å². The van der Waals surface area contributed by atoms with E-state index < -0.39 is 57.7 Å². The van der Waals surface area contributed by atoms with Crippen LogP contribution in [0.1, 0.15) is 119 Å². The lowest BCUT2D eigenvalue weighted by Gasteiger charge is -2.34. The second-order valence-electron chi connectivity index (χ2n) is 18.8. The first-order valence-electron chi connectivity index (χ1n) is 23.5. The molecule has 3 aliphatic heterocycles. The van der Waals surface area contributed by atoms with Crippen LogP contribution in [-0.2, 0) is 38.0 Å². The lowest BCUT2D eigenvalue weighted by Crippen LogP contribution is -2.57. The van der Waals surface area contributed by atoms with E-state index in [2.05, 4.69) is 15.6 Å². The average Bonchev–Trinajstić information content (AvgIpc) is 3.49. The number of nitrogens with zero attached hydrogens (tertiary/aromatic N) is 5. The zero-order chi connectivity index (χ0) is 49.2. The quantitative estimate of drug-likeness (QED) is 0.0998. The molecular formula is C52H52N6O11S. The summed E-state index contributed by atoms with van der Waals surface area (Å²) in [5.41, 5.74) is 5.74. The van der Waals surface area contributed by atoms with Crippen LogP contribution in [-0.4, -0.2) is 99.2 Å². The predicted molar refractivity (Wildman–Crippen MR) is 255 cm³/mol. The molecule has 4 aliphatic rings. The Morgan fingerprint density at radius 3 is 2.53 bits per heavy atom. The summed E-state index contributed by atoms with van der Waals surface area (Å²) in [6.07, 6.45) is 2.99. The summed E-state index contributed by atoms with van der Waals surface area (Å²) < 4.78 is 50.9. The van der Waals surface area contributed by atoms with Crippen LogP contribution in [0.25, 0.3) is 21.8 Å². The van der Waals surface area contributed by atoms with Crippen molar-refractivity contribution >= 4 is 61.4 Å². The summed E-state index contributed by atoms with van der Waals surface area (Å²) in [6, 6.07) is 22.2. The van der Waals surface area contributed by atoms with E-state index in [0.29, 0.717) is 62.2 Å². The van der Waals surface area contributed by atoms with Crippen LogP contribution < -0.4 is 19.5 Å². The van der Waals surface area contributed by atoms with Crippen molar-refractivity contribution in [2.75, 3.05) is 13.7 Å². The zero-order valence-electron chi connectivity index (χ0n) is 39.1. The third-order valence-electron chi connectivity index (χ3n) is 14.2. The number of piperidine rings is 1. The number of carboxylic acid groups (broad SMARTS) is 1. The van der Waals surface area contributed by atoms with Gasteiger partial charge in [-0.25, -0.2) is 13.1 Å². The summed E-state index contributed by atoms with van der Waals surface area (Å²) in [6.45, 7) is 3.88. The molecule has 17 nitrogen and oxygen atoms in total. The zero-order valence-corrected chi connectivity index (χ0v) is 40.0. The minimum atomic E-state index is -4.06. The van der Waals surface area contributed by atoms with E-state index in [1.54, 1.807) is 42.1 Å². The van der Waals surface area contributed by atoms with E-state index in [1.807, 2.05) is 62.4 Å². The van der Waals surface area contributed by atoms with Crippen molar-refractivity contribution in [2.24, 2.45) is 7.05 Å². The molecule has 70 heavy (non-hydrogen) atoms. The number of benzene rings is 5. The van der Waals surface area contributed by atoms with Gasteiger partial charge in [0.25, 0.3) is 11.8 Å². The van der Waals surface area contributed by atoms with Crippen molar-refractivity contribution in [3.8, 4) is 17.2 Å². The number of aryl methyl sites for hydroxylation is 2. The Morgan fingerprint density at radius 1 is 0.929 bits per heavy atom. The monoisotopic (exact) mass is 968 g/mol. The van der Waals surface area contributed by atoms with Crippen LogP contribution in [0.15, 0.2) is 83.8 Å². The van der Waals surface area contributed by atoms with Crippen LogP contribution in [0.2, 0.25) is 0 Å². The second-order valence-corrected chi connectivity index (χ2v) is 20.7. The number of hydrogen-bond donors (Lipinski definition) is 2. The fraction of sp³-hybridized carbons (Fsp3) is 0.365. The molecule has 2 fully saturated rings.